The van der Waals surface area contributed by atoms with Crippen molar-refractivity contribution >= 4 is 23.4 Å². The molecule has 0 saturated heterocycles. The Morgan fingerprint density at radius 3 is 1.87 bits per heavy atom. The average molecular weight is 316 g/mol. The highest BCUT2D eigenvalue weighted by Gasteiger charge is 2.09. The number of hydrogen-bond donors (Lipinski definition) is 2. The van der Waals surface area contributed by atoms with Crippen molar-refractivity contribution in [2.45, 2.75) is 20.0 Å². The number of carbonyl (C=O) groups excluding carboxylic acids is 2. The second-order valence-electron chi connectivity index (χ2n) is 5.12. The molecule has 0 aliphatic rings. The van der Waals surface area contributed by atoms with Gasteiger partial charge in [0.05, 0.1) is 11.7 Å². The van der Waals surface area contributed by atoms with Crippen molar-refractivity contribution in [3.63, 3.8) is 0 Å². The first-order valence-electron chi connectivity index (χ1n) is 7.08. The number of nitrogens with one attached hydrogen (secondary N) is 2. The second kappa shape index (κ2) is 7.40. The molecule has 2 aromatic rings. The molecule has 0 atom stereocenters. The Bertz CT molecular complexity index is 682. The Labute approximate surface area is 133 Å². The van der Waals surface area contributed by atoms with Gasteiger partial charge in [-0.05, 0) is 62.4 Å². The smallest absolute Gasteiger partial charge is 0.338 e. The molecule has 0 radical (unpaired) electrons. The van der Waals surface area contributed by atoms with E-state index in [0.717, 1.165) is 0 Å². The zero-order valence-electron chi connectivity index (χ0n) is 12.8. The summed E-state index contributed by atoms with van der Waals surface area (Å²) in [5.74, 6) is -0.790. The second-order valence-corrected chi connectivity index (χ2v) is 5.12. The summed E-state index contributed by atoms with van der Waals surface area (Å²) >= 11 is 0. The number of carbonyl (C=O) groups is 2. The van der Waals surface area contributed by atoms with Crippen LogP contribution in [0.5, 0.6) is 0 Å². The van der Waals surface area contributed by atoms with Gasteiger partial charge in [0.25, 0.3) is 0 Å². The molecule has 2 N–H and O–H groups in total. The standard InChI is InChI=1S/C17H17FN2O3/c1-11(2)23-16(21)12-3-7-14(8-4-12)19-17(22)20-15-9-5-13(18)6-10-15/h3-11H,1-2H3,(H2,19,20,22). The van der Waals surface area contributed by atoms with Gasteiger partial charge in [-0.2, -0.15) is 0 Å². The van der Waals surface area contributed by atoms with E-state index in [1.165, 1.54) is 24.3 Å². The Kier molecular flexibility index (Phi) is 5.30. The molecule has 0 unspecified atom stereocenters. The maximum Gasteiger partial charge on any atom is 0.338 e. The van der Waals surface area contributed by atoms with E-state index in [2.05, 4.69) is 10.6 Å². The highest BCUT2D eigenvalue weighted by Crippen LogP contribution is 2.13. The maximum absolute atomic E-state index is 12.8. The van der Waals surface area contributed by atoms with Gasteiger partial charge in [0, 0.05) is 11.4 Å². The minimum atomic E-state index is -0.464. The van der Waals surface area contributed by atoms with Gasteiger partial charge in [-0.3, -0.25) is 0 Å². The van der Waals surface area contributed by atoms with Crippen molar-refractivity contribution in [2.24, 2.45) is 0 Å². The largest absolute Gasteiger partial charge is 0.459 e. The van der Waals surface area contributed by atoms with E-state index < -0.39 is 12.0 Å². The molecule has 23 heavy (non-hydrogen) atoms. The number of rotatable bonds is 4. The van der Waals surface area contributed by atoms with Crippen LogP contribution >= 0.6 is 0 Å². The third-order valence-electron chi connectivity index (χ3n) is 2.82. The van der Waals surface area contributed by atoms with Gasteiger partial charge in [0.1, 0.15) is 5.82 Å². The van der Waals surface area contributed by atoms with E-state index in [-0.39, 0.29) is 11.9 Å². The van der Waals surface area contributed by atoms with Crippen molar-refractivity contribution in [1.82, 2.24) is 0 Å². The Balaban J connectivity index is 1.93. The summed E-state index contributed by atoms with van der Waals surface area (Å²) in [6, 6.07) is 11.3. The van der Waals surface area contributed by atoms with Gasteiger partial charge in [0.2, 0.25) is 0 Å². The summed E-state index contributed by atoms with van der Waals surface area (Å²) in [5.41, 5.74) is 1.40. The predicted molar refractivity (Wildman–Crippen MR) is 86.0 cm³/mol. The van der Waals surface area contributed by atoms with Crippen molar-refractivity contribution in [3.8, 4) is 0 Å². The summed E-state index contributed by atoms with van der Waals surface area (Å²) in [6.07, 6.45) is -0.193. The maximum atomic E-state index is 12.8. The third-order valence-corrected chi connectivity index (χ3v) is 2.82. The lowest BCUT2D eigenvalue weighted by Gasteiger charge is -2.10. The summed E-state index contributed by atoms with van der Waals surface area (Å²) in [7, 11) is 0. The SMILES string of the molecule is CC(C)OC(=O)c1ccc(NC(=O)Nc2ccc(F)cc2)cc1. The molecule has 0 fully saturated rings. The van der Waals surface area contributed by atoms with Crippen LogP contribution in [0.15, 0.2) is 48.5 Å². The molecule has 0 bridgehead atoms. The zero-order chi connectivity index (χ0) is 16.8. The number of halogens is 1. The van der Waals surface area contributed by atoms with Crippen LogP contribution < -0.4 is 10.6 Å². The Hall–Kier alpha value is -2.89. The normalized spacial score (nSPS) is 10.3. The summed E-state index contributed by atoms with van der Waals surface area (Å²) < 4.78 is 17.9. The molecule has 0 spiro atoms. The van der Waals surface area contributed by atoms with Gasteiger partial charge < -0.3 is 15.4 Å². The molecule has 5 nitrogen and oxygen atoms in total. The number of benzene rings is 2. The first kappa shape index (κ1) is 16.5. The van der Waals surface area contributed by atoms with Crippen LogP contribution in [0.2, 0.25) is 0 Å². The fourth-order valence-corrected chi connectivity index (χ4v) is 1.80. The van der Waals surface area contributed by atoms with Gasteiger partial charge in [-0.15, -0.1) is 0 Å². The third kappa shape index (κ3) is 5.10. The van der Waals surface area contributed by atoms with Gasteiger partial charge >= 0.3 is 12.0 Å². The quantitative estimate of drug-likeness (QED) is 0.837. The number of amides is 2. The molecule has 2 aromatic carbocycles. The molecule has 2 rings (SSSR count). The first-order valence-corrected chi connectivity index (χ1v) is 7.08. The van der Waals surface area contributed by atoms with Crippen LogP contribution in [0.1, 0.15) is 24.2 Å². The molecule has 0 aliphatic heterocycles. The summed E-state index contributed by atoms with van der Waals surface area (Å²) in [6.45, 7) is 3.54. The average Bonchev–Trinajstić information content (AvgIpc) is 2.49. The van der Waals surface area contributed by atoms with Crippen molar-refractivity contribution in [1.29, 1.82) is 0 Å². The van der Waals surface area contributed by atoms with Crippen molar-refractivity contribution in [3.05, 3.63) is 59.9 Å². The lowest BCUT2D eigenvalue weighted by atomic mass is 10.2. The number of urea groups is 1. The van der Waals surface area contributed by atoms with Gasteiger partial charge in [0.15, 0.2) is 0 Å². The van der Waals surface area contributed by atoms with Crippen LogP contribution in [0.3, 0.4) is 0 Å². The van der Waals surface area contributed by atoms with Crippen molar-refractivity contribution in [2.75, 3.05) is 10.6 Å². The van der Waals surface area contributed by atoms with Crippen LogP contribution in [0, 0.1) is 5.82 Å². The van der Waals surface area contributed by atoms with E-state index in [1.807, 2.05) is 0 Å². The van der Waals surface area contributed by atoms with E-state index in [9.17, 15) is 14.0 Å². The van der Waals surface area contributed by atoms with Crippen LogP contribution in [-0.2, 0) is 4.74 Å². The van der Waals surface area contributed by atoms with Gasteiger partial charge in [-0.25, -0.2) is 14.0 Å². The number of anilines is 2. The highest BCUT2D eigenvalue weighted by molar-refractivity contribution is 6.00. The molecule has 0 aromatic heterocycles. The number of ether oxygens (including phenoxy) is 1. The zero-order valence-corrected chi connectivity index (χ0v) is 12.8. The molecule has 0 heterocycles. The van der Waals surface area contributed by atoms with Gasteiger partial charge in [-0.1, -0.05) is 0 Å². The van der Waals surface area contributed by atoms with E-state index in [4.69, 9.17) is 4.74 Å². The molecular weight excluding hydrogens is 299 g/mol. The minimum absolute atomic E-state index is 0.193. The Morgan fingerprint density at radius 1 is 0.913 bits per heavy atom. The molecule has 6 heteroatoms. The lowest BCUT2D eigenvalue weighted by Crippen LogP contribution is -2.19. The lowest BCUT2D eigenvalue weighted by molar-refractivity contribution is 0.0378. The summed E-state index contributed by atoms with van der Waals surface area (Å²) in [4.78, 5) is 23.5. The number of hydrogen-bond acceptors (Lipinski definition) is 3. The van der Waals surface area contributed by atoms with E-state index in [1.54, 1.807) is 38.1 Å². The summed E-state index contributed by atoms with van der Waals surface area (Å²) in [5, 5.41) is 5.19. The van der Waals surface area contributed by atoms with E-state index >= 15 is 0 Å². The minimum Gasteiger partial charge on any atom is -0.459 e. The monoisotopic (exact) mass is 316 g/mol. The van der Waals surface area contributed by atoms with Crippen LogP contribution in [-0.4, -0.2) is 18.1 Å². The fraction of sp³-hybridized carbons (Fsp3) is 0.176. The molecule has 0 saturated carbocycles. The topological polar surface area (TPSA) is 67.4 Å². The molecule has 2 amide bonds. The fourth-order valence-electron chi connectivity index (χ4n) is 1.80. The Morgan fingerprint density at radius 2 is 1.39 bits per heavy atom. The van der Waals surface area contributed by atoms with Crippen LogP contribution in [0.25, 0.3) is 0 Å². The molecule has 0 aliphatic carbocycles. The van der Waals surface area contributed by atoms with Crippen molar-refractivity contribution < 1.29 is 18.7 Å². The number of esters is 1. The molecule has 120 valence electrons. The van der Waals surface area contributed by atoms with E-state index in [0.29, 0.717) is 16.9 Å². The predicted octanol–water partition coefficient (Wildman–Crippen LogP) is 4.03. The first-order chi connectivity index (χ1) is 10.9. The molecular formula is C17H17FN2O3. The highest BCUT2D eigenvalue weighted by atomic mass is 19.1. The van der Waals surface area contributed by atoms with Crippen LogP contribution in [0.4, 0.5) is 20.6 Å².